The van der Waals surface area contributed by atoms with Crippen molar-refractivity contribution in [2.24, 2.45) is 0 Å². The first-order valence-corrected chi connectivity index (χ1v) is 4.56. The van der Waals surface area contributed by atoms with Crippen LogP contribution in [0.2, 0.25) is 0 Å². The van der Waals surface area contributed by atoms with Crippen LogP contribution in [0.1, 0.15) is 12.7 Å². The molecule has 1 heterocycles. The average molecular weight is 214 g/mol. The largest absolute Gasteiger partial charge is 0.449 e. The molecule has 0 aliphatic rings. The molecule has 80 valence electrons. The van der Waals surface area contributed by atoms with E-state index in [1.165, 1.54) is 4.57 Å². The van der Waals surface area contributed by atoms with E-state index in [1.807, 2.05) is 0 Å². The Labute approximate surface area is 84.3 Å². The second-order valence-corrected chi connectivity index (χ2v) is 3.17. The predicted molar refractivity (Wildman–Crippen MR) is 50.4 cm³/mol. The van der Waals surface area contributed by atoms with E-state index in [2.05, 4.69) is 4.98 Å². The first-order valence-electron chi connectivity index (χ1n) is 4.56. The van der Waals surface area contributed by atoms with Gasteiger partial charge in [-0.25, -0.2) is 4.98 Å². The second kappa shape index (κ2) is 3.25. The molecule has 0 aliphatic carbocycles. The summed E-state index contributed by atoms with van der Waals surface area (Å²) in [6.07, 6.45) is -4.39. The summed E-state index contributed by atoms with van der Waals surface area (Å²) in [5, 5.41) is 0. The van der Waals surface area contributed by atoms with Gasteiger partial charge >= 0.3 is 6.18 Å². The molecular weight excluding hydrogens is 205 g/mol. The fraction of sp³-hybridized carbons (Fsp3) is 0.300. The third kappa shape index (κ3) is 1.58. The Hall–Kier alpha value is -1.52. The van der Waals surface area contributed by atoms with Crippen LogP contribution in [0.3, 0.4) is 0 Å². The van der Waals surface area contributed by atoms with Crippen molar-refractivity contribution in [1.82, 2.24) is 9.55 Å². The summed E-state index contributed by atoms with van der Waals surface area (Å²) in [4.78, 5) is 3.59. The number of rotatable bonds is 1. The van der Waals surface area contributed by atoms with Crippen molar-refractivity contribution in [2.75, 3.05) is 0 Å². The molecule has 0 spiro atoms. The molecule has 0 fully saturated rings. The van der Waals surface area contributed by atoms with E-state index < -0.39 is 12.0 Å². The zero-order chi connectivity index (χ0) is 11.1. The minimum atomic E-state index is -4.39. The number of aromatic nitrogens is 2. The summed E-state index contributed by atoms with van der Waals surface area (Å²) in [5.74, 6) is -0.828. The summed E-state index contributed by atoms with van der Waals surface area (Å²) in [7, 11) is 0. The van der Waals surface area contributed by atoms with Gasteiger partial charge in [0.25, 0.3) is 0 Å². The maximum atomic E-state index is 12.6. The predicted octanol–water partition coefficient (Wildman–Crippen LogP) is 3.08. The number of fused-ring (bicyclic) bond motifs is 1. The fourth-order valence-electron chi connectivity index (χ4n) is 1.61. The highest BCUT2D eigenvalue weighted by Crippen LogP contribution is 2.31. The molecule has 5 heteroatoms. The normalized spacial score (nSPS) is 12.3. The highest BCUT2D eigenvalue weighted by atomic mass is 19.4. The maximum Gasteiger partial charge on any atom is 0.449 e. The van der Waals surface area contributed by atoms with E-state index in [-0.39, 0.29) is 6.54 Å². The van der Waals surface area contributed by atoms with Gasteiger partial charge < -0.3 is 4.57 Å². The van der Waals surface area contributed by atoms with Crippen LogP contribution < -0.4 is 0 Å². The van der Waals surface area contributed by atoms with Crippen molar-refractivity contribution in [3.05, 3.63) is 30.1 Å². The number of halogens is 3. The molecule has 1 aromatic carbocycles. The van der Waals surface area contributed by atoms with E-state index in [0.717, 1.165) is 0 Å². The highest BCUT2D eigenvalue weighted by Gasteiger charge is 2.37. The van der Waals surface area contributed by atoms with Crippen molar-refractivity contribution in [1.29, 1.82) is 0 Å². The molecular formula is C10H9F3N2. The number of nitrogens with zero attached hydrogens (tertiary/aromatic N) is 2. The Bertz CT molecular complexity index is 485. The Morgan fingerprint density at radius 3 is 2.53 bits per heavy atom. The van der Waals surface area contributed by atoms with Gasteiger partial charge in [-0.05, 0) is 19.1 Å². The van der Waals surface area contributed by atoms with Crippen LogP contribution in [0.15, 0.2) is 24.3 Å². The van der Waals surface area contributed by atoms with Crippen LogP contribution in [0, 0.1) is 0 Å². The third-order valence-corrected chi connectivity index (χ3v) is 2.22. The summed E-state index contributed by atoms with van der Waals surface area (Å²) in [6.45, 7) is 1.93. The molecule has 0 saturated carbocycles. The number of hydrogen-bond donors (Lipinski definition) is 0. The molecule has 15 heavy (non-hydrogen) atoms. The molecule has 0 aliphatic heterocycles. The number of hydrogen-bond acceptors (Lipinski definition) is 1. The number of alkyl halides is 3. The van der Waals surface area contributed by atoms with E-state index in [1.54, 1.807) is 31.2 Å². The van der Waals surface area contributed by atoms with Gasteiger partial charge in [0.2, 0.25) is 5.82 Å². The SMILES string of the molecule is CCn1c(C(F)(F)F)nc2ccccc21. The number of para-hydroxylation sites is 2. The Morgan fingerprint density at radius 1 is 1.27 bits per heavy atom. The van der Waals surface area contributed by atoms with Gasteiger partial charge in [0.1, 0.15) is 0 Å². The molecule has 2 aromatic rings. The van der Waals surface area contributed by atoms with Crippen molar-refractivity contribution < 1.29 is 13.2 Å². The number of aryl methyl sites for hydroxylation is 1. The molecule has 0 bridgehead atoms. The molecule has 2 nitrogen and oxygen atoms in total. The van der Waals surface area contributed by atoms with Crippen LogP contribution >= 0.6 is 0 Å². The topological polar surface area (TPSA) is 17.8 Å². The number of imidazole rings is 1. The quantitative estimate of drug-likeness (QED) is 0.713. The van der Waals surface area contributed by atoms with Crippen LogP contribution in [-0.2, 0) is 12.7 Å². The van der Waals surface area contributed by atoms with Crippen LogP contribution in [-0.4, -0.2) is 9.55 Å². The standard InChI is InChI=1S/C10H9F3N2/c1-2-15-8-6-4-3-5-7(8)14-9(15)10(11,12)13/h3-6H,2H2,1H3. The van der Waals surface area contributed by atoms with Gasteiger partial charge in [-0.15, -0.1) is 0 Å². The van der Waals surface area contributed by atoms with Crippen molar-refractivity contribution in [2.45, 2.75) is 19.6 Å². The lowest BCUT2D eigenvalue weighted by Crippen LogP contribution is -2.14. The van der Waals surface area contributed by atoms with Gasteiger partial charge in [0.05, 0.1) is 11.0 Å². The van der Waals surface area contributed by atoms with Gasteiger partial charge in [0, 0.05) is 6.54 Å². The van der Waals surface area contributed by atoms with Gasteiger partial charge in [-0.2, -0.15) is 13.2 Å². The zero-order valence-electron chi connectivity index (χ0n) is 8.04. The van der Waals surface area contributed by atoms with E-state index in [0.29, 0.717) is 11.0 Å². The molecule has 1 aromatic heterocycles. The minimum absolute atomic E-state index is 0.259. The monoisotopic (exact) mass is 214 g/mol. The van der Waals surface area contributed by atoms with Crippen LogP contribution in [0.5, 0.6) is 0 Å². The molecule has 0 N–H and O–H groups in total. The third-order valence-electron chi connectivity index (χ3n) is 2.22. The number of benzene rings is 1. The van der Waals surface area contributed by atoms with E-state index in [4.69, 9.17) is 0 Å². The summed E-state index contributed by atoms with van der Waals surface area (Å²) < 4.78 is 38.9. The summed E-state index contributed by atoms with van der Waals surface area (Å²) in [6, 6.07) is 6.60. The zero-order valence-corrected chi connectivity index (χ0v) is 8.04. The Morgan fingerprint density at radius 2 is 1.93 bits per heavy atom. The Balaban J connectivity index is 2.75. The van der Waals surface area contributed by atoms with E-state index in [9.17, 15) is 13.2 Å². The van der Waals surface area contributed by atoms with Crippen molar-refractivity contribution >= 4 is 11.0 Å². The van der Waals surface area contributed by atoms with Gasteiger partial charge in [-0.1, -0.05) is 12.1 Å². The second-order valence-electron chi connectivity index (χ2n) is 3.17. The van der Waals surface area contributed by atoms with Gasteiger partial charge in [0.15, 0.2) is 0 Å². The van der Waals surface area contributed by atoms with Crippen LogP contribution in [0.25, 0.3) is 11.0 Å². The molecule has 0 radical (unpaired) electrons. The molecule has 0 atom stereocenters. The first kappa shape index (κ1) is 10.0. The molecule has 0 saturated heterocycles. The molecule has 0 amide bonds. The first-order chi connectivity index (χ1) is 7.04. The Kier molecular flexibility index (Phi) is 2.17. The lowest BCUT2D eigenvalue weighted by molar-refractivity contribution is -0.146. The summed E-state index contributed by atoms with van der Waals surface area (Å²) >= 11 is 0. The lowest BCUT2D eigenvalue weighted by atomic mass is 10.3. The lowest BCUT2D eigenvalue weighted by Gasteiger charge is -2.08. The average Bonchev–Trinajstić information content (AvgIpc) is 2.55. The van der Waals surface area contributed by atoms with Crippen molar-refractivity contribution in [3.8, 4) is 0 Å². The highest BCUT2D eigenvalue weighted by molar-refractivity contribution is 5.76. The van der Waals surface area contributed by atoms with Crippen molar-refractivity contribution in [3.63, 3.8) is 0 Å². The van der Waals surface area contributed by atoms with Gasteiger partial charge in [-0.3, -0.25) is 0 Å². The fourth-order valence-corrected chi connectivity index (χ4v) is 1.61. The summed E-state index contributed by atoms with van der Waals surface area (Å²) in [5.41, 5.74) is 0.902. The molecule has 0 unspecified atom stereocenters. The smallest absolute Gasteiger partial charge is 0.321 e. The minimum Gasteiger partial charge on any atom is -0.321 e. The van der Waals surface area contributed by atoms with Crippen LogP contribution in [0.4, 0.5) is 13.2 Å². The van der Waals surface area contributed by atoms with E-state index >= 15 is 0 Å². The molecule has 2 rings (SSSR count). The maximum absolute atomic E-state index is 12.6.